The van der Waals surface area contributed by atoms with Crippen LogP contribution in [0.15, 0.2) is 60.7 Å². The quantitative estimate of drug-likeness (QED) is 0.782. The summed E-state index contributed by atoms with van der Waals surface area (Å²) < 4.78 is 5.38. The Morgan fingerprint density at radius 2 is 1.60 bits per heavy atom. The Kier molecular flexibility index (Phi) is 3.17. The Morgan fingerprint density at radius 3 is 2.40 bits per heavy atom. The molecule has 0 saturated carbocycles. The van der Waals surface area contributed by atoms with E-state index in [9.17, 15) is 9.59 Å². The van der Waals surface area contributed by atoms with Gasteiger partial charge < -0.3 is 4.74 Å². The molecule has 0 spiro atoms. The summed E-state index contributed by atoms with van der Waals surface area (Å²) in [4.78, 5) is 24.0. The molecule has 1 aliphatic rings. The van der Waals surface area contributed by atoms with Crippen molar-refractivity contribution in [1.82, 2.24) is 0 Å². The van der Waals surface area contributed by atoms with E-state index in [2.05, 4.69) is 0 Å². The van der Waals surface area contributed by atoms with Gasteiger partial charge in [-0.1, -0.05) is 48.5 Å². The predicted octanol–water partition coefficient (Wildman–Crippen LogP) is 3.18. The summed E-state index contributed by atoms with van der Waals surface area (Å²) in [5.41, 5.74) is 2.06. The molecular weight excluding hydrogens is 252 g/mol. The molecule has 0 aliphatic heterocycles. The molecule has 1 atom stereocenters. The average Bonchev–Trinajstić information content (AvgIpc) is 2.51. The third-order valence-corrected chi connectivity index (χ3v) is 3.20. The third-order valence-electron chi connectivity index (χ3n) is 3.20. The Balaban J connectivity index is 1.89. The van der Waals surface area contributed by atoms with Crippen molar-refractivity contribution in [3.63, 3.8) is 0 Å². The van der Waals surface area contributed by atoms with Crippen LogP contribution in [0.4, 0.5) is 0 Å². The number of esters is 1. The van der Waals surface area contributed by atoms with Crippen molar-refractivity contribution >= 4 is 17.8 Å². The molecule has 3 nitrogen and oxygen atoms in total. The first-order valence-electron chi connectivity index (χ1n) is 6.32. The molecule has 1 aliphatic carbocycles. The van der Waals surface area contributed by atoms with Crippen LogP contribution in [-0.4, -0.2) is 11.8 Å². The average molecular weight is 264 g/mol. The van der Waals surface area contributed by atoms with Gasteiger partial charge in [0.15, 0.2) is 6.10 Å². The molecular formula is C17H12O3. The maximum Gasteiger partial charge on any atom is 0.339 e. The molecule has 98 valence electrons. The number of hydrogen-bond donors (Lipinski definition) is 0. The minimum Gasteiger partial charge on any atom is -0.445 e. The van der Waals surface area contributed by atoms with Crippen molar-refractivity contribution in [2.45, 2.75) is 6.10 Å². The highest BCUT2D eigenvalue weighted by Crippen LogP contribution is 2.29. The molecule has 0 radical (unpaired) electrons. The summed E-state index contributed by atoms with van der Waals surface area (Å²) in [5, 5.41) is 0. The summed E-state index contributed by atoms with van der Waals surface area (Å²) in [6.45, 7) is 0. The number of ether oxygens (including phenoxy) is 1. The topological polar surface area (TPSA) is 43.4 Å². The fraction of sp³-hybridized carbons (Fsp3) is 0.0588. The van der Waals surface area contributed by atoms with Crippen molar-refractivity contribution in [2.75, 3.05) is 0 Å². The second-order valence-electron chi connectivity index (χ2n) is 4.52. The summed E-state index contributed by atoms with van der Waals surface area (Å²) in [6.07, 6.45) is 2.33. The normalized spacial score (nSPS) is 16.6. The second-order valence-corrected chi connectivity index (χ2v) is 4.52. The second kappa shape index (κ2) is 5.13. The monoisotopic (exact) mass is 264 g/mol. The van der Waals surface area contributed by atoms with Crippen LogP contribution in [0.2, 0.25) is 0 Å². The smallest absolute Gasteiger partial charge is 0.339 e. The van der Waals surface area contributed by atoms with Gasteiger partial charge >= 0.3 is 5.97 Å². The van der Waals surface area contributed by atoms with Crippen molar-refractivity contribution in [3.05, 3.63) is 77.4 Å². The first kappa shape index (κ1) is 12.4. The number of ketones is 1. The molecule has 0 amide bonds. The predicted molar refractivity (Wildman–Crippen MR) is 75.1 cm³/mol. The highest BCUT2D eigenvalue weighted by molar-refractivity contribution is 6.02. The van der Waals surface area contributed by atoms with E-state index in [1.54, 1.807) is 36.4 Å². The number of fused-ring (bicyclic) bond motifs is 1. The van der Waals surface area contributed by atoms with Gasteiger partial charge in [0.05, 0.1) is 5.56 Å². The van der Waals surface area contributed by atoms with Crippen LogP contribution in [0, 0.1) is 0 Å². The van der Waals surface area contributed by atoms with Crippen molar-refractivity contribution in [1.29, 1.82) is 0 Å². The van der Waals surface area contributed by atoms with Crippen molar-refractivity contribution < 1.29 is 14.3 Å². The van der Waals surface area contributed by atoms with Gasteiger partial charge in [-0.25, -0.2) is 4.79 Å². The number of carbonyl (C=O) groups is 2. The zero-order valence-electron chi connectivity index (χ0n) is 10.7. The highest BCUT2D eigenvalue weighted by atomic mass is 16.5. The van der Waals surface area contributed by atoms with Crippen molar-refractivity contribution in [3.8, 4) is 0 Å². The molecule has 3 rings (SSSR count). The van der Waals surface area contributed by atoms with Crippen LogP contribution < -0.4 is 0 Å². The van der Waals surface area contributed by atoms with Gasteiger partial charge in [-0.15, -0.1) is 0 Å². The van der Waals surface area contributed by atoms with Gasteiger partial charge in [-0.3, -0.25) is 4.79 Å². The van der Waals surface area contributed by atoms with E-state index in [-0.39, 0.29) is 5.78 Å². The largest absolute Gasteiger partial charge is 0.445 e. The summed E-state index contributed by atoms with van der Waals surface area (Å²) in [7, 11) is 0. The number of rotatable bonds is 2. The minimum absolute atomic E-state index is 0.215. The number of carbonyl (C=O) groups excluding carboxylic acids is 2. The van der Waals surface area contributed by atoms with Gasteiger partial charge in [0.25, 0.3) is 0 Å². The van der Waals surface area contributed by atoms with Crippen LogP contribution >= 0.6 is 0 Å². The zero-order valence-corrected chi connectivity index (χ0v) is 10.7. The van der Waals surface area contributed by atoms with Gasteiger partial charge in [0.1, 0.15) is 0 Å². The lowest BCUT2D eigenvalue weighted by Crippen LogP contribution is -2.21. The maximum atomic E-state index is 12.1. The Labute approximate surface area is 116 Å². The van der Waals surface area contributed by atoms with Crippen LogP contribution in [-0.2, 0) is 9.53 Å². The fourth-order valence-corrected chi connectivity index (χ4v) is 2.18. The third kappa shape index (κ3) is 2.26. The molecule has 2 aromatic carbocycles. The molecule has 0 N–H and O–H groups in total. The molecule has 20 heavy (non-hydrogen) atoms. The van der Waals surface area contributed by atoms with Crippen molar-refractivity contribution in [2.24, 2.45) is 0 Å². The zero-order chi connectivity index (χ0) is 13.9. The molecule has 0 unspecified atom stereocenters. The molecule has 0 heterocycles. The van der Waals surface area contributed by atoms with Gasteiger partial charge in [0, 0.05) is 5.56 Å². The summed E-state index contributed by atoms with van der Waals surface area (Å²) in [5.74, 6) is -0.706. The SMILES string of the molecule is O=C(O[C@H]1C(=O)C=Cc2ccccc21)c1ccccc1. The fourth-order valence-electron chi connectivity index (χ4n) is 2.18. The van der Waals surface area contributed by atoms with E-state index < -0.39 is 12.1 Å². The first-order chi connectivity index (χ1) is 9.75. The number of hydrogen-bond acceptors (Lipinski definition) is 3. The van der Waals surface area contributed by atoms with E-state index >= 15 is 0 Å². The standard InChI is InChI=1S/C17H12O3/c18-15-11-10-12-6-4-5-9-14(12)16(15)20-17(19)13-7-2-1-3-8-13/h1-11,16H/t16-/m1/s1. The lowest BCUT2D eigenvalue weighted by molar-refractivity contribution is -0.123. The molecule has 2 aromatic rings. The van der Waals surface area contributed by atoms with E-state index in [1.807, 2.05) is 24.3 Å². The summed E-state index contributed by atoms with van der Waals surface area (Å²) in [6, 6.07) is 16.1. The Morgan fingerprint density at radius 1 is 0.900 bits per heavy atom. The summed E-state index contributed by atoms with van der Waals surface area (Å²) >= 11 is 0. The van der Waals surface area contributed by atoms with Crippen LogP contribution in [0.3, 0.4) is 0 Å². The van der Waals surface area contributed by atoms with Gasteiger partial charge in [-0.05, 0) is 23.8 Å². The molecule has 0 fully saturated rings. The minimum atomic E-state index is -0.857. The number of benzene rings is 2. The maximum absolute atomic E-state index is 12.1. The molecule has 0 bridgehead atoms. The van der Waals surface area contributed by atoms with E-state index in [1.165, 1.54) is 6.08 Å². The van der Waals surface area contributed by atoms with E-state index in [4.69, 9.17) is 4.74 Å². The van der Waals surface area contributed by atoms with Crippen LogP contribution in [0.25, 0.3) is 6.08 Å². The van der Waals surface area contributed by atoms with E-state index in [0.717, 1.165) is 11.1 Å². The van der Waals surface area contributed by atoms with Gasteiger partial charge in [-0.2, -0.15) is 0 Å². The Hall–Kier alpha value is -2.68. The highest BCUT2D eigenvalue weighted by Gasteiger charge is 2.27. The lowest BCUT2D eigenvalue weighted by Gasteiger charge is -2.20. The molecule has 0 aromatic heterocycles. The first-order valence-corrected chi connectivity index (χ1v) is 6.32. The lowest BCUT2D eigenvalue weighted by atomic mass is 9.94. The Bertz CT molecular complexity index is 686. The molecule has 0 saturated heterocycles. The molecule has 3 heteroatoms. The van der Waals surface area contributed by atoms with Crippen LogP contribution in [0.5, 0.6) is 0 Å². The van der Waals surface area contributed by atoms with Crippen LogP contribution in [0.1, 0.15) is 27.6 Å². The van der Waals surface area contributed by atoms with Gasteiger partial charge in [0.2, 0.25) is 5.78 Å². The van der Waals surface area contributed by atoms with E-state index in [0.29, 0.717) is 5.56 Å².